The van der Waals surface area contributed by atoms with Crippen LogP contribution in [0, 0.1) is 6.92 Å². The molecule has 0 radical (unpaired) electrons. The molecule has 36 heavy (non-hydrogen) atoms. The van der Waals surface area contributed by atoms with E-state index in [0.717, 1.165) is 5.57 Å². The van der Waals surface area contributed by atoms with Crippen molar-refractivity contribution in [3.63, 3.8) is 0 Å². The van der Waals surface area contributed by atoms with Crippen LogP contribution in [0.15, 0.2) is 81.5 Å². The Bertz CT molecular complexity index is 1520. The Hall–Kier alpha value is -4.72. The van der Waals surface area contributed by atoms with E-state index < -0.39 is 5.97 Å². The van der Waals surface area contributed by atoms with Crippen molar-refractivity contribution in [3.05, 3.63) is 99.4 Å². The Morgan fingerprint density at radius 2 is 1.78 bits per heavy atom. The van der Waals surface area contributed by atoms with Crippen molar-refractivity contribution < 1.29 is 28.9 Å². The minimum Gasteiger partial charge on any atom is -0.507 e. The average molecular weight is 488 g/mol. The van der Waals surface area contributed by atoms with Crippen LogP contribution in [0.4, 0.5) is 5.69 Å². The van der Waals surface area contributed by atoms with Gasteiger partial charge >= 0.3 is 5.97 Å². The number of rotatable bonds is 2. The molecule has 184 valence electrons. The molecule has 0 saturated heterocycles. The first-order valence-corrected chi connectivity index (χ1v) is 11.2. The largest absolute Gasteiger partial charge is 0.507 e. The highest BCUT2D eigenvalue weighted by molar-refractivity contribution is 5.94. The minimum atomic E-state index is -0.617. The summed E-state index contributed by atoms with van der Waals surface area (Å²) >= 11 is 0. The number of carbonyl (C=O) groups excluding carboxylic acids is 1. The summed E-state index contributed by atoms with van der Waals surface area (Å²) in [5.41, 5.74) is 7.80. The topological polar surface area (TPSA) is 132 Å². The van der Waals surface area contributed by atoms with Crippen LogP contribution in [0.25, 0.3) is 11.0 Å². The van der Waals surface area contributed by atoms with Crippen molar-refractivity contribution in [1.29, 1.82) is 0 Å². The van der Waals surface area contributed by atoms with E-state index in [1.54, 1.807) is 37.3 Å². The van der Waals surface area contributed by atoms with E-state index in [1.807, 2.05) is 19.1 Å². The van der Waals surface area contributed by atoms with Crippen molar-refractivity contribution in [3.8, 4) is 23.0 Å². The minimum absolute atomic E-state index is 0.0350. The number of anilines is 1. The monoisotopic (exact) mass is 487 g/mol. The molecule has 0 spiro atoms. The smallest absolute Gasteiger partial charge is 0.347 e. The van der Waals surface area contributed by atoms with Gasteiger partial charge in [0.2, 0.25) is 0 Å². The van der Waals surface area contributed by atoms with E-state index in [2.05, 4.69) is 0 Å². The summed E-state index contributed by atoms with van der Waals surface area (Å²) in [6, 6.07) is 16.0. The summed E-state index contributed by atoms with van der Waals surface area (Å²) in [5, 5.41) is 20.1. The molecule has 4 aromatic rings. The molecule has 0 unspecified atom stereocenters. The number of allylic oxidation sites excluding steroid dienone is 1. The van der Waals surface area contributed by atoms with Crippen molar-refractivity contribution in [2.75, 3.05) is 12.3 Å². The highest BCUT2D eigenvalue weighted by Gasteiger charge is 2.19. The number of aryl methyl sites for hydroxylation is 1. The maximum Gasteiger partial charge on any atom is 0.347 e. The number of hydrogen-bond acceptors (Lipinski definition) is 8. The molecule has 5 rings (SSSR count). The molecule has 4 N–H and O–H groups in total. The number of para-hydroxylation sites is 1. The number of nitrogen functional groups attached to an aromatic ring is 1. The molecule has 1 aliphatic heterocycles. The van der Waals surface area contributed by atoms with Crippen molar-refractivity contribution >= 4 is 22.6 Å². The number of nitrogens with two attached hydrogens (primary N) is 1. The van der Waals surface area contributed by atoms with Gasteiger partial charge in [-0.1, -0.05) is 24.3 Å². The summed E-state index contributed by atoms with van der Waals surface area (Å²) in [4.78, 5) is 23.7. The lowest BCUT2D eigenvalue weighted by atomic mass is 10.0. The van der Waals surface area contributed by atoms with E-state index >= 15 is 0 Å². The van der Waals surface area contributed by atoms with Gasteiger partial charge in [-0.15, -0.1) is 0 Å². The Morgan fingerprint density at radius 1 is 1.03 bits per heavy atom. The standard InChI is InChI=1S/C15H14O4.C13H11NO3/c1-8-3-4-10-12(18-7-8)6-13-14(15(10)17)11(16)5-9(2)19-13;14-9-6-7-11(12(15)8-9)13(16)17-10-4-2-1-3-5-10/h3,5-6,17H,4,7H2,1-2H3;1-8,15H,14H2. The first kappa shape index (κ1) is 24.4. The van der Waals surface area contributed by atoms with Gasteiger partial charge in [0, 0.05) is 29.4 Å². The average Bonchev–Trinajstić information content (AvgIpc) is 3.01. The molecule has 0 atom stereocenters. The van der Waals surface area contributed by atoms with Gasteiger partial charge in [-0.2, -0.15) is 0 Å². The number of ether oxygens (including phenoxy) is 2. The number of fused-ring (bicyclic) bond motifs is 2. The lowest BCUT2D eigenvalue weighted by Gasteiger charge is -2.11. The zero-order chi connectivity index (χ0) is 25.8. The molecule has 0 fully saturated rings. The summed E-state index contributed by atoms with van der Waals surface area (Å²) in [6.07, 6.45) is 2.55. The molecule has 3 aromatic carbocycles. The number of benzene rings is 3. The zero-order valence-corrected chi connectivity index (χ0v) is 19.8. The van der Waals surface area contributed by atoms with Gasteiger partial charge in [0.25, 0.3) is 0 Å². The summed E-state index contributed by atoms with van der Waals surface area (Å²) in [6.45, 7) is 4.15. The van der Waals surface area contributed by atoms with Crippen LogP contribution in [0.2, 0.25) is 0 Å². The van der Waals surface area contributed by atoms with Gasteiger partial charge in [-0.05, 0) is 50.1 Å². The SMILES string of the molecule is CC1=CCc2c(cc3oc(C)cc(=O)c3c2O)OC1.Nc1ccc(C(=O)Oc2ccccc2)c(O)c1. The molecule has 1 aromatic heterocycles. The number of carbonyl (C=O) groups is 1. The first-order chi connectivity index (χ1) is 17.2. The van der Waals surface area contributed by atoms with E-state index in [-0.39, 0.29) is 27.9 Å². The van der Waals surface area contributed by atoms with Crippen LogP contribution in [0.1, 0.15) is 28.6 Å². The van der Waals surface area contributed by atoms with Crippen LogP contribution >= 0.6 is 0 Å². The highest BCUT2D eigenvalue weighted by Crippen LogP contribution is 2.37. The quantitative estimate of drug-likeness (QED) is 0.158. The van der Waals surface area contributed by atoms with E-state index in [9.17, 15) is 19.8 Å². The molecular weight excluding hydrogens is 462 g/mol. The lowest BCUT2D eigenvalue weighted by Crippen LogP contribution is -2.08. The number of aromatic hydroxyl groups is 2. The molecule has 1 aliphatic rings. The number of phenols is 2. The third kappa shape index (κ3) is 5.33. The number of phenolic OH excluding ortho intramolecular Hbond substituents is 2. The first-order valence-electron chi connectivity index (χ1n) is 11.2. The third-order valence-electron chi connectivity index (χ3n) is 5.49. The Balaban J connectivity index is 0.000000170. The third-order valence-corrected chi connectivity index (χ3v) is 5.49. The summed E-state index contributed by atoms with van der Waals surface area (Å²) in [5.74, 6) is 0.673. The summed E-state index contributed by atoms with van der Waals surface area (Å²) in [7, 11) is 0. The van der Waals surface area contributed by atoms with Gasteiger partial charge in [-0.3, -0.25) is 4.79 Å². The number of esters is 1. The predicted octanol–water partition coefficient (Wildman–Crippen LogP) is 4.88. The van der Waals surface area contributed by atoms with Gasteiger partial charge in [0.15, 0.2) is 5.43 Å². The Morgan fingerprint density at radius 3 is 2.50 bits per heavy atom. The van der Waals surface area contributed by atoms with Gasteiger partial charge in [0.1, 0.15) is 51.9 Å². The Labute approximate surface area is 206 Å². The van der Waals surface area contributed by atoms with Gasteiger partial charge in [0.05, 0.1) is 0 Å². The number of hydrogen-bond donors (Lipinski definition) is 3. The zero-order valence-electron chi connectivity index (χ0n) is 19.8. The van der Waals surface area contributed by atoms with Gasteiger partial charge in [-0.25, -0.2) is 4.79 Å². The predicted molar refractivity (Wildman–Crippen MR) is 136 cm³/mol. The van der Waals surface area contributed by atoms with Crippen LogP contribution < -0.4 is 20.6 Å². The van der Waals surface area contributed by atoms with Crippen molar-refractivity contribution in [2.24, 2.45) is 0 Å². The fourth-order valence-electron chi connectivity index (χ4n) is 3.67. The van der Waals surface area contributed by atoms with Gasteiger partial charge < -0.3 is 29.8 Å². The lowest BCUT2D eigenvalue weighted by molar-refractivity contribution is 0.0731. The molecule has 0 amide bonds. The van der Waals surface area contributed by atoms with E-state index in [0.29, 0.717) is 47.1 Å². The van der Waals surface area contributed by atoms with E-state index in [1.165, 1.54) is 24.3 Å². The molecule has 0 bridgehead atoms. The molecule has 2 heterocycles. The van der Waals surface area contributed by atoms with Crippen molar-refractivity contribution in [1.82, 2.24) is 0 Å². The van der Waals surface area contributed by atoms with E-state index in [4.69, 9.17) is 19.6 Å². The van der Waals surface area contributed by atoms with Crippen molar-refractivity contribution in [2.45, 2.75) is 20.3 Å². The second-order valence-electron chi connectivity index (χ2n) is 8.32. The van der Waals surface area contributed by atoms with Crippen LogP contribution in [0.5, 0.6) is 23.0 Å². The molecular formula is C28H25NO7. The molecule has 8 nitrogen and oxygen atoms in total. The fraction of sp³-hybridized carbons (Fsp3) is 0.143. The maximum absolute atomic E-state index is 12.0. The normalized spacial score (nSPS) is 12.3. The molecule has 8 heteroatoms. The fourth-order valence-corrected chi connectivity index (χ4v) is 3.67. The second kappa shape index (κ2) is 10.3. The molecule has 0 aliphatic carbocycles. The second-order valence-corrected chi connectivity index (χ2v) is 8.32. The van der Waals surface area contributed by atoms with Crippen LogP contribution in [0.3, 0.4) is 0 Å². The molecule has 0 saturated carbocycles. The summed E-state index contributed by atoms with van der Waals surface area (Å²) < 4.78 is 16.2. The van der Waals surface area contributed by atoms with Crippen LogP contribution in [-0.2, 0) is 6.42 Å². The maximum atomic E-state index is 12.0. The van der Waals surface area contributed by atoms with Crippen LogP contribution in [-0.4, -0.2) is 22.8 Å². The Kier molecular flexibility index (Phi) is 6.96. The highest BCUT2D eigenvalue weighted by atomic mass is 16.5.